The fourth-order valence-corrected chi connectivity index (χ4v) is 20.9. The minimum Gasteiger partial charge on any atom is -0.455 e. The van der Waals surface area contributed by atoms with Crippen molar-refractivity contribution >= 4 is 185 Å². The molecule has 9 heterocycles. The predicted octanol–water partition coefficient (Wildman–Crippen LogP) is 34.8. The zero-order chi connectivity index (χ0) is 90.1. The van der Waals surface area contributed by atoms with E-state index in [0.717, 1.165) is 242 Å². The van der Waals surface area contributed by atoms with Crippen LogP contribution in [0.3, 0.4) is 0 Å². The van der Waals surface area contributed by atoms with E-state index in [2.05, 4.69) is 419 Å². The van der Waals surface area contributed by atoms with Gasteiger partial charge in [0.25, 0.3) is 0 Å². The van der Waals surface area contributed by atoms with Crippen LogP contribution in [0.1, 0.15) is 0 Å². The second-order valence-electron chi connectivity index (χ2n) is 35.2. The molecule has 0 amide bonds. The molecule has 0 aliphatic heterocycles. The van der Waals surface area contributed by atoms with Crippen molar-refractivity contribution in [1.82, 2.24) is 29.9 Å². The van der Waals surface area contributed by atoms with Gasteiger partial charge in [0.05, 0.1) is 66.7 Å². The number of pyridine rings is 6. The molecule has 636 valence electrons. The summed E-state index contributed by atoms with van der Waals surface area (Å²) >= 11 is 0. The number of fused-ring (bicyclic) bond motifs is 23. The van der Waals surface area contributed by atoms with E-state index in [9.17, 15) is 0 Å². The van der Waals surface area contributed by atoms with Crippen molar-refractivity contribution in [3.05, 3.63) is 461 Å². The maximum absolute atomic E-state index is 6.44. The highest BCUT2D eigenvalue weighted by molar-refractivity contribution is 6.22. The molecule has 137 heavy (non-hydrogen) atoms. The van der Waals surface area contributed by atoms with Gasteiger partial charge >= 0.3 is 0 Å². The first-order valence-electron chi connectivity index (χ1n) is 46.3. The van der Waals surface area contributed by atoms with Gasteiger partial charge in [0, 0.05) is 131 Å². The highest BCUT2D eigenvalue weighted by atomic mass is 16.3. The zero-order valence-corrected chi connectivity index (χ0v) is 73.8. The van der Waals surface area contributed by atoms with Crippen LogP contribution in [0.5, 0.6) is 0 Å². The second-order valence-corrected chi connectivity index (χ2v) is 35.2. The van der Waals surface area contributed by atoms with Gasteiger partial charge in [-0.05, 0) is 122 Å². The van der Waals surface area contributed by atoms with Gasteiger partial charge in [-0.25, -0.2) is 29.9 Å². The van der Waals surface area contributed by atoms with E-state index in [1.165, 1.54) is 44.2 Å². The molecule has 9 nitrogen and oxygen atoms in total. The maximum atomic E-state index is 6.44. The number of hydrogen-bond donors (Lipinski definition) is 0. The van der Waals surface area contributed by atoms with Gasteiger partial charge in [0.15, 0.2) is 0 Å². The van der Waals surface area contributed by atoms with Crippen molar-refractivity contribution in [2.45, 2.75) is 0 Å². The van der Waals surface area contributed by atoms with Gasteiger partial charge in [-0.1, -0.05) is 394 Å². The Kier molecular flexibility index (Phi) is 18.5. The number of para-hydroxylation sites is 9. The Labute approximate surface area is 784 Å². The van der Waals surface area contributed by atoms with E-state index in [1.807, 2.05) is 42.5 Å². The Morgan fingerprint density at radius 3 is 0.883 bits per heavy atom. The highest BCUT2D eigenvalue weighted by Gasteiger charge is 2.24. The molecular weight excluding hydrogens is 1670 g/mol. The summed E-state index contributed by atoms with van der Waals surface area (Å²) in [6.45, 7) is 0. The van der Waals surface area contributed by atoms with Crippen LogP contribution in [-0.2, 0) is 0 Å². The third kappa shape index (κ3) is 13.3. The van der Waals surface area contributed by atoms with Crippen LogP contribution in [-0.4, -0.2) is 29.9 Å². The average Bonchev–Trinajstić information content (AvgIpc) is 1.74. The summed E-state index contributed by atoms with van der Waals surface area (Å²) in [6, 6.07) is 162. The van der Waals surface area contributed by atoms with Gasteiger partial charge in [-0.3, -0.25) is 0 Å². The van der Waals surface area contributed by atoms with Crippen molar-refractivity contribution in [2.24, 2.45) is 0 Å². The molecule has 0 radical (unpaired) electrons. The Balaban J connectivity index is 0.000000104. The van der Waals surface area contributed by atoms with Crippen LogP contribution >= 0.6 is 0 Å². The van der Waals surface area contributed by atoms with Gasteiger partial charge in [-0.15, -0.1) is 0 Å². The Morgan fingerprint density at radius 1 is 0.139 bits per heavy atom. The Hall–Kier alpha value is -18.4. The lowest BCUT2D eigenvalue weighted by atomic mass is 9.92. The number of hydrogen-bond acceptors (Lipinski definition) is 9. The van der Waals surface area contributed by atoms with E-state index in [0.29, 0.717) is 0 Å². The van der Waals surface area contributed by atoms with Crippen molar-refractivity contribution in [1.29, 1.82) is 0 Å². The molecule has 29 aromatic rings. The number of aromatic nitrogens is 6. The fraction of sp³-hybridized carbons (Fsp3) is 0. The van der Waals surface area contributed by atoms with Crippen molar-refractivity contribution < 1.29 is 13.3 Å². The first-order valence-corrected chi connectivity index (χ1v) is 46.3. The van der Waals surface area contributed by atoms with Crippen molar-refractivity contribution in [3.8, 4) is 101 Å². The van der Waals surface area contributed by atoms with Crippen molar-refractivity contribution in [2.75, 3.05) is 0 Å². The highest BCUT2D eigenvalue weighted by Crippen LogP contribution is 2.48. The summed E-state index contributed by atoms with van der Waals surface area (Å²) in [7, 11) is 0. The molecule has 0 spiro atoms. The van der Waals surface area contributed by atoms with Gasteiger partial charge in [0.2, 0.25) is 0 Å². The van der Waals surface area contributed by atoms with Gasteiger partial charge in [-0.2, -0.15) is 0 Å². The van der Waals surface area contributed by atoms with E-state index in [1.54, 1.807) is 0 Å². The van der Waals surface area contributed by atoms with Crippen LogP contribution in [0.15, 0.2) is 474 Å². The molecule has 0 fully saturated rings. The lowest BCUT2D eigenvalue weighted by molar-refractivity contribution is 0.669. The molecule has 0 aliphatic carbocycles. The average molecular weight is 1750 g/mol. The van der Waals surface area contributed by atoms with Gasteiger partial charge < -0.3 is 13.3 Å². The molecule has 29 rings (SSSR count). The Morgan fingerprint density at radius 2 is 0.438 bits per heavy atom. The first-order chi connectivity index (χ1) is 67.9. The fourth-order valence-electron chi connectivity index (χ4n) is 20.9. The van der Waals surface area contributed by atoms with Gasteiger partial charge in [0.1, 0.15) is 33.5 Å². The topological polar surface area (TPSA) is 117 Å². The van der Waals surface area contributed by atoms with E-state index < -0.39 is 0 Å². The number of rotatable bonds is 9. The third-order valence-corrected chi connectivity index (χ3v) is 27.4. The molecular formula is C128H76N6O3. The minimum atomic E-state index is 0.903. The predicted molar refractivity (Wildman–Crippen MR) is 569 cm³/mol. The second kappa shape index (κ2) is 32.2. The van der Waals surface area contributed by atoms with E-state index in [4.69, 9.17) is 43.2 Å². The lowest BCUT2D eigenvalue weighted by Gasteiger charge is -2.14. The molecule has 0 saturated heterocycles. The summed E-state index contributed by atoms with van der Waals surface area (Å²) in [5, 5.41) is 21.4. The lowest BCUT2D eigenvalue weighted by Crippen LogP contribution is -1.93. The minimum absolute atomic E-state index is 0.903. The SMILES string of the molecule is c1ccc(-c2c3ccccc3nc3c2ccc2ccc(-c4ccc(-c5cccc6c5oc5ccccc56)c5ccccc45)nc23)cc1.c1ccc(-c2c3ccccc3nc3c2ccc2ccc(-c4ccc(-c5cccc6c5oc5ccccc56)cc4)nc23)cc1.c1ccc(-c2c3ccccc3nc3c2ccc2ccc(-c4ccc5cc(-c6cccc7c6oc6ccccc67)ccc5c4)nc23)cc1. The molecule has 0 bridgehead atoms. The summed E-state index contributed by atoms with van der Waals surface area (Å²) in [4.78, 5) is 31.4. The van der Waals surface area contributed by atoms with Crippen LogP contribution < -0.4 is 0 Å². The zero-order valence-electron chi connectivity index (χ0n) is 73.8. The molecule has 0 N–H and O–H groups in total. The normalized spacial score (nSPS) is 11.8. The third-order valence-electron chi connectivity index (χ3n) is 27.4. The molecule has 0 saturated carbocycles. The number of benzene rings is 20. The first kappa shape index (κ1) is 78.4. The smallest absolute Gasteiger partial charge is 0.143 e. The maximum Gasteiger partial charge on any atom is 0.143 e. The van der Waals surface area contributed by atoms with Crippen LogP contribution in [0.4, 0.5) is 0 Å². The number of nitrogens with zero attached hydrogens (tertiary/aromatic N) is 6. The standard InChI is InChI=1S/2C44H26N2O.C40H24N2O/c1-2-9-27(10-3-1)41-36-12-4-6-15-39(36)46-43-37(41)23-21-28-22-24-38(45-42(28)43)32-20-18-29-25-31(19-17-30(29)26-32)33-13-8-14-35-34-11-5-7-16-40(34)47-44(33)35;1-2-11-27(12-3-1)41-36-16-6-8-19-38(36)46-43-37(41)23-21-28-22-26-39(45-42(28)43)32-25-24-31(29-13-4-5-14-30(29)32)34-17-10-18-35-33-15-7-9-20-40(33)47-44(34)35;1-2-9-27(10-3-1)37-32-12-4-6-15-35(32)42-39-33(37)23-21-28-22-24-34(41-38(28)39)26-19-17-25(18-20-26)29-13-8-14-31-30-11-5-7-16-36(30)43-40(29)31/h2*1-26H;1-24H. The van der Waals surface area contributed by atoms with Crippen LogP contribution in [0.2, 0.25) is 0 Å². The molecule has 0 atom stereocenters. The summed E-state index contributed by atoms with van der Waals surface area (Å²) in [6.07, 6.45) is 0. The summed E-state index contributed by atoms with van der Waals surface area (Å²) in [5.74, 6) is 0. The largest absolute Gasteiger partial charge is 0.455 e. The molecule has 9 aromatic heterocycles. The quantitative estimate of drug-likeness (QED) is 0.103. The summed E-state index contributed by atoms with van der Waals surface area (Å²) < 4.78 is 19.1. The van der Waals surface area contributed by atoms with Crippen LogP contribution in [0, 0.1) is 0 Å². The molecule has 0 unspecified atom stereocenters. The molecule has 9 heteroatoms. The Bertz CT molecular complexity index is 10000. The number of furan rings is 3. The summed E-state index contributed by atoms with van der Waals surface area (Å²) in [5.41, 5.74) is 33.6. The van der Waals surface area contributed by atoms with Crippen LogP contribution in [0.25, 0.3) is 286 Å². The van der Waals surface area contributed by atoms with E-state index in [-0.39, 0.29) is 0 Å². The van der Waals surface area contributed by atoms with Crippen molar-refractivity contribution in [3.63, 3.8) is 0 Å². The monoisotopic (exact) mass is 1740 g/mol. The van der Waals surface area contributed by atoms with E-state index >= 15 is 0 Å². The molecule has 0 aliphatic rings. The molecule has 20 aromatic carbocycles.